The van der Waals surface area contributed by atoms with Gasteiger partial charge in [0.25, 0.3) is 5.91 Å². The highest BCUT2D eigenvalue weighted by Crippen LogP contribution is 2.18. The van der Waals surface area contributed by atoms with Gasteiger partial charge in [-0.2, -0.15) is 0 Å². The molecule has 0 unspecified atom stereocenters. The van der Waals surface area contributed by atoms with Crippen molar-refractivity contribution in [2.24, 2.45) is 0 Å². The number of nitrogens with one attached hydrogen (secondary N) is 1. The van der Waals surface area contributed by atoms with Gasteiger partial charge in [-0.05, 0) is 55.3 Å². The molecular weight excluding hydrogens is 248 g/mol. The molecule has 0 atom stereocenters. The molecule has 0 aliphatic heterocycles. The Labute approximate surface area is 110 Å². The fourth-order valence-corrected chi connectivity index (χ4v) is 1.76. The average Bonchev–Trinajstić information content (AvgIpc) is 2.32. The maximum Gasteiger partial charge on any atom is 0.258 e. The molecule has 0 aromatic heterocycles. The summed E-state index contributed by atoms with van der Waals surface area (Å²) in [5, 5.41) is 2.57. The van der Waals surface area contributed by atoms with Gasteiger partial charge in [0.15, 0.2) is 0 Å². The maximum absolute atomic E-state index is 13.6. The molecule has 2 aromatic rings. The fraction of sp³-hybridized carbons (Fsp3) is 0.133. The zero-order valence-electron chi connectivity index (χ0n) is 10.6. The number of amides is 1. The molecule has 2 rings (SSSR count). The smallest absolute Gasteiger partial charge is 0.258 e. The second kappa shape index (κ2) is 5.18. The van der Waals surface area contributed by atoms with E-state index in [0.29, 0.717) is 11.3 Å². The number of aryl methyl sites for hydroxylation is 2. The molecule has 0 saturated heterocycles. The minimum absolute atomic E-state index is 0.0330. The Morgan fingerprint density at radius 2 is 1.79 bits per heavy atom. The lowest BCUT2D eigenvalue weighted by Gasteiger charge is -2.09. The van der Waals surface area contributed by atoms with Gasteiger partial charge >= 0.3 is 0 Å². The van der Waals surface area contributed by atoms with Gasteiger partial charge in [0.1, 0.15) is 11.6 Å². The van der Waals surface area contributed by atoms with E-state index in [4.69, 9.17) is 0 Å². The molecule has 0 saturated carbocycles. The van der Waals surface area contributed by atoms with Crippen LogP contribution >= 0.6 is 0 Å². The van der Waals surface area contributed by atoms with Gasteiger partial charge in [-0.1, -0.05) is 6.07 Å². The summed E-state index contributed by atoms with van der Waals surface area (Å²) in [6, 6.07) is 8.39. The van der Waals surface area contributed by atoms with Crippen molar-refractivity contribution in [2.45, 2.75) is 13.8 Å². The van der Waals surface area contributed by atoms with Crippen LogP contribution in [0.2, 0.25) is 0 Å². The van der Waals surface area contributed by atoms with Gasteiger partial charge in [0.05, 0.1) is 5.56 Å². The van der Waals surface area contributed by atoms with Crippen LogP contribution in [0.4, 0.5) is 14.5 Å². The Morgan fingerprint density at radius 3 is 2.42 bits per heavy atom. The van der Waals surface area contributed by atoms with Gasteiger partial charge in [-0.3, -0.25) is 4.79 Å². The molecule has 0 fully saturated rings. The number of benzene rings is 2. The van der Waals surface area contributed by atoms with E-state index in [1.807, 2.05) is 0 Å². The van der Waals surface area contributed by atoms with Gasteiger partial charge in [0, 0.05) is 5.69 Å². The average molecular weight is 261 g/mol. The zero-order chi connectivity index (χ0) is 14.0. The first-order chi connectivity index (χ1) is 8.97. The number of carbonyl (C=O) groups excluding carboxylic acids is 1. The summed E-state index contributed by atoms with van der Waals surface area (Å²) in [5.74, 6) is -1.50. The van der Waals surface area contributed by atoms with Crippen molar-refractivity contribution < 1.29 is 13.6 Å². The standard InChI is InChI=1S/C15H13F2NO/c1-9-3-5-12(13(17)7-9)15(19)18-14-6-4-11(16)8-10(14)2/h3-8H,1-2H3,(H,18,19). The predicted molar refractivity (Wildman–Crippen MR) is 70.2 cm³/mol. The van der Waals surface area contributed by atoms with Gasteiger partial charge < -0.3 is 5.32 Å². The number of halogens is 2. The molecule has 0 aliphatic rings. The molecule has 2 nitrogen and oxygen atoms in total. The maximum atomic E-state index is 13.6. The highest BCUT2D eigenvalue weighted by atomic mass is 19.1. The van der Waals surface area contributed by atoms with Crippen LogP contribution in [0.25, 0.3) is 0 Å². The predicted octanol–water partition coefficient (Wildman–Crippen LogP) is 3.83. The number of hydrogen-bond donors (Lipinski definition) is 1. The van der Waals surface area contributed by atoms with E-state index < -0.39 is 11.7 Å². The van der Waals surface area contributed by atoms with E-state index in [1.165, 1.54) is 30.3 Å². The second-order valence-electron chi connectivity index (χ2n) is 4.40. The van der Waals surface area contributed by atoms with Gasteiger partial charge in [0.2, 0.25) is 0 Å². The van der Waals surface area contributed by atoms with Crippen LogP contribution in [0.15, 0.2) is 36.4 Å². The van der Waals surface area contributed by atoms with Gasteiger partial charge in [-0.25, -0.2) is 8.78 Å². The van der Waals surface area contributed by atoms with Crippen molar-refractivity contribution in [1.29, 1.82) is 0 Å². The number of rotatable bonds is 2. The first-order valence-electron chi connectivity index (χ1n) is 5.81. The van der Waals surface area contributed by atoms with Gasteiger partial charge in [-0.15, -0.1) is 0 Å². The normalized spacial score (nSPS) is 10.3. The topological polar surface area (TPSA) is 29.1 Å². The van der Waals surface area contributed by atoms with Crippen molar-refractivity contribution in [2.75, 3.05) is 5.32 Å². The molecule has 0 bridgehead atoms. The minimum atomic E-state index is -0.572. The summed E-state index contributed by atoms with van der Waals surface area (Å²) in [5.41, 5.74) is 1.76. The van der Waals surface area contributed by atoms with E-state index in [1.54, 1.807) is 19.9 Å². The molecule has 2 aromatic carbocycles. The van der Waals surface area contributed by atoms with Crippen LogP contribution in [0.5, 0.6) is 0 Å². The molecule has 4 heteroatoms. The Morgan fingerprint density at radius 1 is 1.05 bits per heavy atom. The minimum Gasteiger partial charge on any atom is -0.322 e. The van der Waals surface area contributed by atoms with E-state index in [-0.39, 0.29) is 11.4 Å². The zero-order valence-corrected chi connectivity index (χ0v) is 10.6. The van der Waals surface area contributed by atoms with Crippen LogP contribution in [0.3, 0.4) is 0 Å². The molecule has 1 amide bonds. The second-order valence-corrected chi connectivity index (χ2v) is 4.40. The molecule has 98 valence electrons. The first kappa shape index (κ1) is 13.2. The van der Waals surface area contributed by atoms with Crippen molar-refractivity contribution in [3.8, 4) is 0 Å². The summed E-state index contributed by atoms with van der Waals surface area (Å²) in [6.07, 6.45) is 0. The highest BCUT2D eigenvalue weighted by Gasteiger charge is 2.12. The van der Waals surface area contributed by atoms with Crippen LogP contribution < -0.4 is 5.32 Å². The van der Waals surface area contributed by atoms with Crippen molar-refractivity contribution >= 4 is 11.6 Å². The molecule has 0 radical (unpaired) electrons. The van der Waals surface area contributed by atoms with Crippen molar-refractivity contribution in [1.82, 2.24) is 0 Å². The lowest BCUT2D eigenvalue weighted by atomic mass is 10.1. The fourth-order valence-electron chi connectivity index (χ4n) is 1.76. The largest absolute Gasteiger partial charge is 0.322 e. The Hall–Kier alpha value is -2.23. The Bertz CT molecular complexity index is 638. The summed E-state index contributed by atoms with van der Waals surface area (Å²) in [6.45, 7) is 3.42. The van der Waals surface area contributed by atoms with E-state index >= 15 is 0 Å². The summed E-state index contributed by atoms with van der Waals surface area (Å²) >= 11 is 0. The SMILES string of the molecule is Cc1ccc(C(=O)Nc2ccc(F)cc2C)c(F)c1. The van der Waals surface area contributed by atoms with Crippen LogP contribution in [0.1, 0.15) is 21.5 Å². The molecule has 0 heterocycles. The third-order valence-corrected chi connectivity index (χ3v) is 2.81. The third kappa shape index (κ3) is 2.96. The van der Waals surface area contributed by atoms with E-state index in [9.17, 15) is 13.6 Å². The quantitative estimate of drug-likeness (QED) is 0.874. The third-order valence-electron chi connectivity index (χ3n) is 2.81. The lowest BCUT2D eigenvalue weighted by molar-refractivity contribution is 0.102. The van der Waals surface area contributed by atoms with Crippen LogP contribution in [-0.2, 0) is 0 Å². The van der Waals surface area contributed by atoms with E-state index in [2.05, 4.69) is 5.32 Å². The molecular formula is C15H13F2NO. The first-order valence-corrected chi connectivity index (χ1v) is 5.81. The van der Waals surface area contributed by atoms with Crippen molar-refractivity contribution in [3.05, 3.63) is 64.7 Å². The van der Waals surface area contributed by atoms with Crippen molar-refractivity contribution in [3.63, 3.8) is 0 Å². The van der Waals surface area contributed by atoms with Crippen LogP contribution in [-0.4, -0.2) is 5.91 Å². The molecule has 0 aliphatic carbocycles. The highest BCUT2D eigenvalue weighted by molar-refractivity contribution is 6.04. The Balaban J connectivity index is 2.25. The summed E-state index contributed by atoms with van der Waals surface area (Å²) in [7, 11) is 0. The van der Waals surface area contributed by atoms with E-state index in [0.717, 1.165) is 5.56 Å². The lowest BCUT2D eigenvalue weighted by Crippen LogP contribution is -2.14. The number of hydrogen-bond acceptors (Lipinski definition) is 1. The summed E-state index contributed by atoms with van der Waals surface area (Å²) in [4.78, 5) is 11.9. The number of anilines is 1. The molecule has 1 N–H and O–H groups in total. The molecule has 19 heavy (non-hydrogen) atoms. The Kier molecular flexibility index (Phi) is 3.60. The summed E-state index contributed by atoms with van der Waals surface area (Å²) < 4.78 is 26.6. The monoisotopic (exact) mass is 261 g/mol. The number of carbonyl (C=O) groups is 1. The molecule has 0 spiro atoms. The van der Waals surface area contributed by atoms with Crippen LogP contribution in [0, 0.1) is 25.5 Å².